The molecule has 0 bridgehead atoms. The van der Waals surface area contributed by atoms with Crippen LogP contribution in [0.25, 0.3) is 0 Å². The van der Waals surface area contributed by atoms with Crippen molar-refractivity contribution in [3.63, 3.8) is 0 Å². The molecule has 0 aliphatic heterocycles. The van der Waals surface area contributed by atoms with E-state index >= 15 is 0 Å². The number of carboxylic acids is 1. The summed E-state index contributed by atoms with van der Waals surface area (Å²) in [5.41, 5.74) is 3.33. The number of hydrogen-bond donors (Lipinski definition) is 1. The molecule has 0 radical (unpaired) electrons. The van der Waals surface area contributed by atoms with Crippen LogP contribution in [0.3, 0.4) is 0 Å². The molecule has 2 aromatic rings. The second-order valence-electron chi connectivity index (χ2n) is 4.61. The van der Waals surface area contributed by atoms with Gasteiger partial charge in [0.15, 0.2) is 0 Å². The summed E-state index contributed by atoms with van der Waals surface area (Å²) in [6.45, 7) is 3.78. The Balaban J connectivity index is 2.32. The Morgan fingerprint density at radius 3 is 2.63 bits per heavy atom. The number of aryl methyl sites for hydroxylation is 2. The zero-order chi connectivity index (χ0) is 13.8. The summed E-state index contributed by atoms with van der Waals surface area (Å²) < 4.78 is 0. The van der Waals surface area contributed by atoms with E-state index in [2.05, 4.69) is 9.97 Å². The molecule has 1 aromatic carbocycles. The summed E-state index contributed by atoms with van der Waals surface area (Å²) in [6.07, 6.45) is 3.54. The van der Waals surface area contributed by atoms with E-state index < -0.39 is 11.9 Å². The van der Waals surface area contributed by atoms with Gasteiger partial charge >= 0.3 is 5.97 Å². The predicted octanol–water partition coefficient (Wildman–Crippen LogP) is 2.50. The first-order valence-electron chi connectivity index (χ1n) is 6.14. The first-order valence-corrected chi connectivity index (χ1v) is 6.14. The van der Waals surface area contributed by atoms with E-state index in [1.54, 1.807) is 13.1 Å². The number of carboxylic acid groups (broad SMARTS) is 1. The zero-order valence-electron chi connectivity index (χ0n) is 11.0. The van der Waals surface area contributed by atoms with E-state index in [0.717, 1.165) is 11.1 Å². The highest BCUT2D eigenvalue weighted by atomic mass is 16.4. The van der Waals surface area contributed by atoms with Gasteiger partial charge in [-0.15, -0.1) is 0 Å². The molecule has 0 aliphatic carbocycles. The molecule has 0 spiro atoms. The van der Waals surface area contributed by atoms with Crippen molar-refractivity contribution in [1.82, 2.24) is 9.97 Å². The van der Waals surface area contributed by atoms with Crippen molar-refractivity contribution in [3.8, 4) is 0 Å². The smallest absolute Gasteiger partial charge is 0.313 e. The van der Waals surface area contributed by atoms with Crippen molar-refractivity contribution in [3.05, 3.63) is 59.2 Å². The largest absolute Gasteiger partial charge is 0.481 e. The molecule has 1 heterocycles. The molecular weight excluding hydrogens is 240 g/mol. The number of aliphatic carboxylic acids is 1. The molecule has 0 saturated heterocycles. The van der Waals surface area contributed by atoms with Gasteiger partial charge in [0.1, 0.15) is 5.92 Å². The minimum atomic E-state index is -0.870. The van der Waals surface area contributed by atoms with Crippen LogP contribution in [-0.2, 0) is 11.2 Å². The van der Waals surface area contributed by atoms with Crippen molar-refractivity contribution >= 4 is 5.97 Å². The van der Waals surface area contributed by atoms with E-state index in [0.29, 0.717) is 17.8 Å². The van der Waals surface area contributed by atoms with Crippen molar-refractivity contribution < 1.29 is 9.90 Å². The molecule has 1 unspecified atom stereocenters. The molecule has 1 atom stereocenters. The van der Waals surface area contributed by atoms with Gasteiger partial charge in [0.05, 0.1) is 11.4 Å². The van der Waals surface area contributed by atoms with E-state index in [-0.39, 0.29) is 0 Å². The van der Waals surface area contributed by atoms with Gasteiger partial charge in [-0.3, -0.25) is 14.8 Å². The highest BCUT2D eigenvalue weighted by Gasteiger charge is 2.23. The highest BCUT2D eigenvalue weighted by molar-refractivity contribution is 5.76. The molecule has 1 N–H and O–H groups in total. The van der Waals surface area contributed by atoms with Crippen LogP contribution in [0.2, 0.25) is 0 Å². The average molecular weight is 256 g/mol. The fourth-order valence-electron chi connectivity index (χ4n) is 2.14. The van der Waals surface area contributed by atoms with Crippen molar-refractivity contribution in [1.29, 1.82) is 0 Å². The first-order chi connectivity index (χ1) is 9.08. The van der Waals surface area contributed by atoms with Gasteiger partial charge in [0, 0.05) is 12.4 Å². The predicted molar refractivity (Wildman–Crippen MR) is 72.0 cm³/mol. The van der Waals surface area contributed by atoms with Crippen molar-refractivity contribution in [2.24, 2.45) is 0 Å². The Kier molecular flexibility index (Phi) is 3.90. The van der Waals surface area contributed by atoms with Gasteiger partial charge in [-0.25, -0.2) is 0 Å². The lowest BCUT2D eigenvalue weighted by molar-refractivity contribution is -0.138. The van der Waals surface area contributed by atoms with Crippen molar-refractivity contribution in [2.45, 2.75) is 26.2 Å². The molecule has 0 saturated carbocycles. The maximum absolute atomic E-state index is 11.5. The third-order valence-electron chi connectivity index (χ3n) is 3.07. The zero-order valence-corrected chi connectivity index (χ0v) is 11.0. The van der Waals surface area contributed by atoms with E-state index in [9.17, 15) is 9.90 Å². The molecule has 98 valence electrons. The summed E-state index contributed by atoms with van der Waals surface area (Å²) in [4.78, 5) is 19.8. The molecule has 1 aromatic heterocycles. The Morgan fingerprint density at radius 1 is 1.26 bits per heavy atom. The molecular formula is C15H16N2O2. The third-order valence-corrected chi connectivity index (χ3v) is 3.07. The van der Waals surface area contributed by atoms with E-state index in [1.165, 1.54) is 6.20 Å². The first kappa shape index (κ1) is 13.2. The molecule has 4 nitrogen and oxygen atoms in total. The highest BCUT2D eigenvalue weighted by Crippen LogP contribution is 2.21. The van der Waals surface area contributed by atoms with Crippen LogP contribution in [0.5, 0.6) is 0 Å². The second kappa shape index (κ2) is 5.61. The second-order valence-corrected chi connectivity index (χ2v) is 4.61. The molecule has 0 aliphatic rings. The minimum Gasteiger partial charge on any atom is -0.481 e. The SMILES string of the molecule is Cc1cccc(CC(C(=O)O)c2nccnc2C)c1. The van der Waals surface area contributed by atoms with Gasteiger partial charge in [-0.05, 0) is 25.8 Å². The van der Waals surface area contributed by atoms with Gasteiger partial charge in [0.2, 0.25) is 0 Å². The minimum absolute atomic E-state index is 0.427. The average Bonchev–Trinajstić information content (AvgIpc) is 2.37. The fraction of sp³-hybridized carbons (Fsp3) is 0.267. The monoisotopic (exact) mass is 256 g/mol. The fourth-order valence-corrected chi connectivity index (χ4v) is 2.14. The lowest BCUT2D eigenvalue weighted by Crippen LogP contribution is -2.17. The van der Waals surface area contributed by atoms with Crippen LogP contribution in [0.15, 0.2) is 36.7 Å². The normalized spacial score (nSPS) is 12.1. The van der Waals surface area contributed by atoms with Gasteiger partial charge < -0.3 is 5.11 Å². The molecule has 0 amide bonds. The van der Waals surface area contributed by atoms with Crippen LogP contribution in [-0.4, -0.2) is 21.0 Å². The van der Waals surface area contributed by atoms with Crippen molar-refractivity contribution in [2.75, 3.05) is 0 Å². The lowest BCUT2D eigenvalue weighted by Gasteiger charge is -2.13. The van der Waals surface area contributed by atoms with Gasteiger partial charge in [-0.1, -0.05) is 29.8 Å². The third kappa shape index (κ3) is 3.16. The number of aromatic nitrogens is 2. The van der Waals surface area contributed by atoms with E-state index in [1.807, 2.05) is 31.2 Å². The maximum Gasteiger partial charge on any atom is 0.313 e. The van der Waals surface area contributed by atoms with Crippen LogP contribution < -0.4 is 0 Å². The van der Waals surface area contributed by atoms with Crippen LogP contribution in [0, 0.1) is 13.8 Å². The summed E-state index contributed by atoms with van der Waals surface area (Å²) in [5, 5.41) is 9.41. The Morgan fingerprint density at radius 2 is 2.00 bits per heavy atom. The Labute approximate surface area is 112 Å². The van der Waals surface area contributed by atoms with Gasteiger partial charge in [0.25, 0.3) is 0 Å². The number of benzene rings is 1. The summed E-state index contributed by atoms with van der Waals surface area (Å²) in [7, 11) is 0. The molecule has 4 heteroatoms. The van der Waals surface area contributed by atoms with Crippen LogP contribution >= 0.6 is 0 Å². The van der Waals surface area contributed by atoms with E-state index in [4.69, 9.17) is 0 Å². The number of nitrogens with zero attached hydrogens (tertiary/aromatic N) is 2. The number of carbonyl (C=O) groups is 1. The number of rotatable bonds is 4. The van der Waals surface area contributed by atoms with Crippen LogP contribution in [0.1, 0.15) is 28.4 Å². The molecule has 2 rings (SSSR count). The maximum atomic E-state index is 11.5. The molecule has 0 fully saturated rings. The lowest BCUT2D eigenvalue weighted by atomic mass is 9.94. The Hall–Kier alpha value is -2.23. The summed E-state index contributed by atoms with van der Waals surface area (Å²) in [6, 6.07) is 7.87. The molecule has 19 heavy (non-hydrogen) atoms. The number of hydrogen-bond acceptors (Lipinski definition) is 3. The Bertz CT molecular complexity index is 596. The summed E-state index contributed by atoms with van der Waals surface area (Å²) in [5.74, 6) is -1.53. The van der Waals surface area contributed by atoms with Gasteiger partial charge in [-0.2, -0.15) is 0 Å². The topological polar surface area (TPSA) is 63.1 Å². The summed E-state index contributed by atoms with van der Waals surface area (Å²) >= 11 is 0. The quantitative estimate of drug-likeness (QED) is 0.913. The standard InChI is InChI=1S/C15H16N2O2/c1-10-4-3-5-12(8-10)9-13(15(18)19)14-11(2)16-6-7-17-14/h3-8,13H,9H2,1-2H3,(H,18,19). The van der Waals surface area contributed by atoms with Crippen LogP contribution in [0.4, 0.5) is 0 Å².